The number of halogens is 2. The van der Waals surface area contributed by atoms with Crippen molar-refractivity contribution in [3.8, 4) is 0 Å². The third-order valence-electron chi connectivity index (χ3n) is 3.37. The second kappa shape index (κ2) is 8.30. The Hall–Kier alpha value is -1.86. The number of esters is 1. The molecular formula is C16H16BrClN2O4. The van der Waals surface area contributed by atoms with Crippen molar-refractivity contribution in [1.29, 1.82) is 0 Å². The first kappa shape index (κ1) is 18.5. The van der Waals surface area contributed by atoms with Gasteiger partial charge in [-0.05, 0) is 46.8 Å². The van der Waals surface area contributed by atoms with Crippen LogP contribution in [0.25, 0.3) is 0 Å². The van der Waals surface area contributed by atoms with Gasteiger partial charge in [0.2, 0.25) is 5.91 Å². The predicted molar refractivity (Wildman–Crippen MR) is 94.0 cm³/mol. The molecule has 0 spiro atoms. The fourth-order valence-corrected chi connectivity index (χ4v) is 2.82. The summed E-state index contributed by atoms with van der Waals surface area (Å²) in [5.41, 5.74) is 0.530. The van der Waals surface area contributed by atoms with E-state index in [9.17, 15) is 14.4 Å². The van der Waals surface area contributed by atoms with Crippen LogP contribution in [0, 0.1) is 5.92 Å². The summed E-state index contributed by atoms with van der Waals surface area (Å²) < 4.78 is 4.88. The lowest BCUT2D eigenvalue weighted by Gasteiger charge is -2.13. The Balaban J connectivity index is 2.17. The standard InChI is InChI=1S/C16H16BrClN2O4/c1-24-14(22)5-4-13(21)20-15-11(6-10(18)7-12(15)17)16(23)19-8-9-2-3-9/h4-7,9H,2-3,8H2,1H3,(H,19,23)(H,20,21)/b5-4+. The highest BCUT2D eigenvalue weighted by Gasteiger charge is 2.23. The molecule has 2 amide bonds. The minimum Gasteiger partial charge on any atom is -0.466 e. The van der Waals surface area contributed by atoms with E-state index in [1.807, 2.05) is 0 Å². The summed E-state index contributed by atoms with van der Waals surface area (Å²) in [6.07, 6.45) is 4.24. The molecular weight excluding hydrogens is 400 g/mol. The minimum atomic E-state index is -0.650. The largest absolute Gasteiger partial charge is 0.466 e. The van der Waals surface area contributed by atoms with E-state index in [-0.39, 0.29) is 17.2 Å². The van der Waals surface area contributed by atoms with Gasteiger partial charge in [0.1, 0.15) is 0 Å². The maximum atomic E-state index is 12.4. The molecule has 2 N–H and O–H groups in total. The van der Waals surface area contributed by atoms with Crippen LogP contribution in [-0.4, -0.2) is 31.4 Å². The molecule has 128 valence electrons. The maximum Gasteiger partial charge on any atom is 0.330 e. The van der Waals surface area contributed by atoms with Gasteiger partial charge >= 0.3 is 5.97 Å². The van der Waals surface area contributed by atoms with Crippen molar-refractivity contribution >= 4 is 51.0 Å². The molecule has 24 heavy (non-hydrogen) atoms. The zero-order valence-corrected chi connectivity index (χ0v) is 15.2. The second-order valence-corrected chi connectivity index (χ2v) is 6.60. The van der Waals surface area contributed by atoms with Crippen LogP contribution in [0.4, 0.5) is 5.69 Å². The SMILES string of the molecule is COC(=O)/C=C/C(=O)Nc1c(Br)cc(Cl)cc1C(=O)NCC1CC1. The highest BCUT2D eigenvalue weighted by Crippen LogP contribution is 2.31. The van der Waals surface area contributed by atoms with Crippen LogP contribution >= 0.6 is 27.5 Å². The number of hydrogen-bond donors (Lipinski definition) is 2. The molecule has 0 bridgehead atoms. The molecule has 0 aromatic heterocycles. The van der Waals surface area contributed by atoms with Crippen LogP contribution in [-0.2, 0) is 14.3 Å². The van der Waals surface area contributed by atoms with Gasteiger partial charge in [0, 0.05) is 28.2 Å². The number of benzene rings is 1. The lowest BCUT2D eigenvalue weighted by molar-refractivity contribution is -0.135. The molecule has 0 atom stereocenters. The Morgan fingerprint density at radius 1 is 1.33 bits per heavy atom. The van der Waals surface area contributed by atoms with Crippen molar-refractivity contribution in [1.82, 2.24) is 5.32 Å². The molecule has 0 saturated heterocycles. The van der Waals surface area contributed by atoms with Crippen LogP contribution in [0.3, 0.4) is 0 Å². The number of nitrogens with one attached hydrogen (secondary N) is 2. The predicted octanol–water partition coefficient (Wildman–Crippen LogP) is 2.91. The van der Waals surface area contributed by atoms with Crippen LogP contribution < -0.4 is 10.6 Å². The number of amides is 2. The number of rotatable bonds is 6. The summed E-state index contributed by atoms with van der Waals surface area (Å²) in [7, 11) is 1.21. The van der Waals surface area contributed by atoms with Gasteiger partial charge in [0.15, 0.2) is 0 Å². The Morgan fingerprint density at radius 2 is 2.04 bits per heavy atom. The molecule has 8 heteroatoms. The van der Waals surface area contributed by atoms with Crippen molar-refractivity contribution in [2.45, 2.75) is 12.8 Å². The molecule has 1 aliphatic carbocycles. The van der Waals surface area contributed by atoms with Crippen LogP contribution in [0.1, 0.15) is 23.2 Å². The fourth-order valence-electron chi connectivity index (χ4n) is 1.91. The molecule has 0 unspecified atom stereocenters. The summed E-state index contributed by atoms with van der Waals surface area (Å²) in [4.78, 5) is 35.3. The molecule has 1 aliphatic rings. The van der Waals surface area contributed by atoms with E-state index in [1.165, 1.54) is 13.2 Å². The van der Waals surface area contributed by atoms with E-state index in [2.05, 4.69) is 31.3 Å². The first-order valence-corrected chi connectivity index (χ1v) is 8.42. The van der Waals surface area contributed by atoms with Crippen molar-refractivity contribution < 1.29 is 19.1 Å². The molecule has 6 nitrogen and oxygen atoms in total. The maximum absolute atomic E-state index is 12.4. The summed E-state index contributed by atoms with van der Waals surface area (Å²) >= 11 is 9.29. The first-order valence-electron chi connectivity index (χ1n) is 7.25. The van der Waals surface area contributed by atoms with Crippen molar-refractivity contribution in [3.63, 3.8) is 0 Å². The van der Waals surface area contributed by atoms with Gasteiger partial charge in [-0.2, -0.15) is 0 Å². The van der Waals surface area contributed by atoms with Crippen molar-refractivity contribution in [2.24, 2.45) is 5.92 Å². The number of methoxy groups -OCH3 is 1. The lowest BCUT2D eigenvalue weighted by Crippen LogP contribution is -2.27. The molecule has 1 fully saturated rings. The van der Waals surface area contributed by atoms with Gasteiger partial charge in [0.05, 0.1) is 18.4 Å². The van der Waals surface area contributed by atoms with Crippen molar-refractivity contribution in [3.05, 3.63) is 39.3 Å². The number of hydrogen-bond acceptors (Lipinski definition) is 4. The fraction of sp³-hybridized carbons (Fsp3) is 0.312. The molecule has 0 heterocycles. The van der Waals surface area contributed by atoms with E-state index < -0.39 is 11.9 Å². The summed E-state index contributed by atoms with van der Waals surface area (Å²) in [6, 6.07) is 3.05. The number of carbonyl (C=O) groups excluding carboxylic acids is 3. The number of ether oxygens (including phenoxy) is 1. The third-order valence-corrected chi connectivity index (χ3v) is 4.21. The van der Waals surface area contributed by atoms with E-state index in [1.54, 1.807) is 6.07 Å². The van der Waals surface area contributed by atoms with Gasteiger partial charge in [0.25, 0.3) is 5.91 Å². The Kier molecular flexibility index (Phi) is 6.39. The van der Waals surface area contributed by atoms with Crippen LogP contribution in [0.2, 0.25) is 5.02 Å². The quantitative estimate of drug-likeness (QED) is 0.553. The van der Waals surface area contributed by atoms with E-state index >= 15 is 0 Å². The summed E-state index contributed by atoms with van der Waals surface area (Å²) in [5, 5.41) is 5.76. The van der Waals surface area contributed by atoms with Gasteiger partial charge in [-0.25, -0.2) is 4.79 Å². The Morgan fingerprint density at radius 3 is 2.67 bits per heavy atom. The van der Waals surface area contributed by atoms with Gasteiger partial charge < -0.3 is 15.4 Å². The summed E-state index contributed by atoms with van der Waals surface area (Å²) in [5.74, 6) is -1.02. The van der Waals surface area contributed by atoms with Gasteiger partial charge in [-0.15, -0.1) is 0 Å². The topological polar surface area (TPSA) is 84.5 Å². The normalized spacial score (nSPS) is 13.6. The zero-order valence-electron chi connectivity index (χ0n) is 12.9. The molecule has 0 radical (unpaired) electrons. The smallest absolute Gasteiger partial charge is 0.330 e. The van der Waals surface area contributed by atoms with E-state index in [0.29, 0.717) is 22.0 Å². The molecule has 0 aliphatic heterocycles. The van der Waals surface area contributed by atoms with E-state index in [4.69, 9.17) is 11.6 Å². The molecule has 2 rings (SSSR count). The van der Waals surface area contributed by atoms with Crippen LogP contribution in [0.15, 0.2) is 28.8 Å². The third kappa shape index (κ3) is 5.35. The highest BCUT2D eigenvalue weighted by atomic mass is 79.9. The zero-order chi connectivity index (χ0) is 17.7. The van der Waals surface area contributed by atoms with Crippen molar-refractivity contribution in [2.75, 3.05) is 19.0 Å². The minimum absolute atomic E-state index is 0.245. The van der Waals surface area contributed by atoms with Crippen LogP contribution in [0.5, 0.6) is 0 Å². The average molecular weight is 416 g/mol. The average Bonchev–Trinajstić information content (AvgIpc) is 3.36. The van der Waals surface area contributed by atoms with Gasteiger partial charge in [-0.3, -0.25) is 9.59 Å². The molecule has 1 aromatic rings. The summed E-state index contributed by atoms with van der Waals surface area (Å²) in [6.45, 7) is 0.596. The molecule has 1 saturated carbocycles. The number of carbonyl (C=O) groups is 3. The monoisotopic (exact) mass is 414 g/mol. The Bertz CT molecular complexity index is 702. The number of anilines is 1. The first-order chi connectivity index (χ1) is 11.4. The second-order valence-electron chi connectivity index (χ2n) is 5.31. The molecule has 1 aromatic carbocycles. The van der Waals surface area contributed by atoms with E-state index in [0.717, 1.165) is 25.0 Å². The Labute approximate surface area is 152 Å². The highest BCUT2D eigenvalue weighted by molar-refractivity contribution is 9.10. The lowest BCUT2D eigenvalue weighted by atomic mass is 10.1. The van der Waals surface area contributed by atoms with Gasteiger partial charge in [-0.1, -0.05) is 11.6 Å².